The topological polar surface area (TPSA) is 45.9 Å². The molecule has 2 nitrogen and oxygen atoms in total. The van der Waals surface area contributed by atoms with Crippen LogP contribution in [0.25, 0.3) is 0 Å². The van der Waals surface area contributed by atoms with E-state index in [4.69, 9.17) is 5.73 Å². The fourth-order valence-electron chi connectivity index (χ4n) is 0.467. The zero-order valence-corrected chi connectivity index (χ0v) is 5.55. The Kier molecular flexibility index (Phi) is 3.83. The summed E-state index contributed by atoms with van der Waals surface area (Å²) in [6.07, 6.45) is 1.00. The molecule has 0 aromatic rings. The molecule has 0 fully saturated rings. The summed E-state index contributed by atoms with van der Waals surface area (Å²) in [7, 11) is 0. The van der Waals surface area contributed by atoms with Gasteiger partial charge in [0.1, 0.15) is 0 Å². The summed E-state index contributed by atoms with van der Waals surface area (Å²) in [5.74, 6) is 0.382. The maximum Gasteiger partial charge on any atom is 0.0975 e. The molecule has 0 aromatic heterocycles. The van der Waals surface area contributed by atoms with Crippen molar-refractivity contribution in [2.24, 2.45) is 11.7 Å². The summed E-state index contributed by atoms with van der Waals surface area (Å²) in [4.78, 5) is 0. The summed E-state index contributed by atoms with van der Waals surface area (Å²) >= 11 is 0. The van der Waals surface area contributed by atoms with Gasteiger partial charge in [0.15, 0.2) is 0 Å². The highest BCUT2D eigenvalue weighted by atomic mass is 16.3. The van der Waals surface area contributed by atoms with Crippen LogP contribution < -0.4 is 5.73 Å². The largest absolute Gasteiger partial charge is 0.325 e. The zero-order valence-electron chi connectivity index (χ0n) is 5.55. The van der Waals surface area contributed by atoms with Gasteiger partial charge in [-0.15, -0.1) is 0 Å². The molecule has 0 amide bonds. The molecule has 0 aliphatic heterocycles. The van der Waals surface area contributed by atoms with E-state index in [1.165, 1.54) is 0 Å². The van der Waals surface area contributed by atoms with Gasteiger partial charge < -0.3 is 5.73 Å². The monoisotopic (exact) mass is 116 g/mol. The average molecular weight is 116 g/mol. The van der Waals surface area contributed by atoms with Crippen LogP contribution in [-0.4, -0.2) is 12.6 Å². The molecule has 8 heavy (non-hydrogen) atoms. The molecule has 0 aromatic carbocycles. The minimum Gasteiger partial charge on any atom is -0.325 e. The molecule has 0 bridgehead atoms. The minimum atomic E-state index is -0.144. The summed E-state index contributed by atoms with van der Waals surface area (Å²) < 4.78 is 0. The van der Waals surface area contributed by atoms with Crippen LogP contribution in [0.3, 0.4) is 0 Å². The second-order valence-corrected chi connectivity index (χ2v) is 2.22. The Morgan fingerprint density at radius 2 is 2.12 bits per heavy atom. The third kappa shape index (κ3) is 2.28. The molecular formula is C6H14NO. The fraction of sp³-hybridized carbons (Fsp3) is 1.00. The van der Waals surface area contributed by atoms with Gasteiger partial charge in [0.25, 0.3) is 0 Å². The number of nitrogens with two attached hydrogens (primary N) is 1. The van der Waals surface area contributed by atoms with E-state index < -0.39 is 0 Å². The molecule has 0 rings (SSSR count). The van der Waals surface area contributed by atoms with Crippen molar-refractivity contribution in [1.82, 2.24) is 0 Å². The van der Waals surface area contributed by atoms with Crippen molar-refractivity contribution in [1.29, 1.82) is 0 Å². The summed E-state index contributed by atoms with van der Waals surface area (Å²) in [6.45, 7) is 3.90. The Balaban J connectivity index is 3.29. The lowest BCUT2D eigenvalue weighted by Gasteiger charge is -2.13. The standard InChI is InChI=1S/C6H14NO/c1-3-5(2)6(7)4-8/h5-6H,3-4,7H2,1-2H3. The number of hydrogen-bond acceptors (Lipinski definition) is 1. The average Bonchev–Trinajstić information content (AvgIpc) is 1.84. The van der Waals surface area contributed by atoms with Crippen LogP contribution in [0.15, 0.2) is 0 Å². The van der Waals surface area contributed by atoms with Crippen molar-refractivity contribution in [3.05, 3.63) is 0 Å². The van der Waals surface area contributed by atoms with Crippen LogP contribution >= 0.6 is 0 Å². The van der Waals surface area contributed by atoms with Crippen molar-refractivity contribution in [2.75, 3.05) is 6.61 Å². The van der Waals surface area contributed by atoms with Crippen LogP contribution in [0.5, 0.6) is 0 Å². The first-order valence-corrected chi connectivity index (χ1v) is 3.06. The Bertz CT molecular complexity index is 48.5. The lowest BCUT2D eigenvalue weighted by Crippen LogP contribution is -2.30. The highest BCUT2D eigenvalue weighted by molar-refractivity contribution is 4.64. The Morgan fingerprint density at radius 3 is 2.25 bits per heavy atom. The van der Waals surface area contributed by atoms with Crippen molar-refractivity contribution in [2.45, 2.75) is 26.3 Å². The predicted octanol–water partition coefficient (Wildman–Crippen LogP) is 0.790. The van der Waals surface area contributed by atoms with Gasteiger partial charge >= 0.3 is 0 Å². The highest BCUT2D eigenvalue weighted by Crippen LogP contribution is 2.03. The first-order valence-electron chi connectivity index (χ1n) is 3.06. The normalized spacial score (nSPS) is 18.0. The van der Waals surface area contributed by atoms with Crippen LogP contribution in [0, 0.1) is 5.92 Å². The van der Waals surface area contributed by atoms with Crippen LogP contribution in [0.1, 0.15) is 20.3 Å². The maximum absolute atomic E-state index is 10.1. The van der Waals surface area contributed by atoms with E-state index in [0.29, 0.717) is 5.92 Å². The lowest BCUT2D eigenvalue weighted by molar-refractivity contribution is 0.151. The Hall–Kier alpha value is -0.0800. The van der Waals surface area contributed by atoms with Crippen LogP contribution in [0.4, 0.5) is 0 Å². The molecule has 49 valence electrons. The molecule has 0 heterocycles. The Morgan fingerprint density at radius 1 is 1.62 bits per heavy atom. The van der Waals surface area contributed by atoms with Gasteiger partial charge in [0.05, 0.1) is 6.61 Å². The van der Waals surface area contributed by atoms with Crippen LogP contribution in [-0.2, 0) is 5.11 Å². The van der Waals surface area contributed by atoms with Crippen molar-refractivity contribution >= 4 is 0 Å². The van der Waals surface area contributed by atoms with E-state index in [9.17, 15) is 5.11 Å². The first kappa shape index (κ1) is 7.92. The van der Waals surface area contributed by atoms with Gasteiger partial charge in [-0.25, -0.2) is 5.11 Å². The quantitative estimate of drug-likeness (QED) is 0.582. The van der Waals surface area contributed by atoms with E-state index in [-0.39, 0.29) is 12.6 Å². The fourth-order valence-corrected chi connectivity index (χ4v) is 0.467. The third-order valence-corrected chi connectivity index (χ3v) is 1.57. The minimum absolute atomic E-state index is 0.139. The summed E-state index contributed by atoms with van der Waals surface area (Å²) in [6, 6.07) is -0.139. The summed E-state index contributed by atoms with van der Waals surface area (Å²) in [5.41, 5.74) is 5.41. The van der Waals surface area contributed by atoms with Gasteiger partial charge in [0, 0.05) is 6.04 Å². The SMILES string of the molecule is CCC(C)C(N)C[O]. The van der Waals surface area contributed by atoms with E-state index >= 15 is 0 Å². The molecular weight excluding hydrogens is 102 g/mol. The molecule has 0 saturated carbocycles. The van der Waals surface area contributed by atoms with E-state index in [1.54, 1.807) is 0 Å². The first-order chi connectivity index (χ1) is 3.72. The van der Waals surface area contributed by atoms with Gasteiger partial charge in [0.2, 0.25) is 0 Å². The lowest BCUT2D eigenvalue weighted by atomic mass is 10.0. The third-order valence-electron chi connectivity index (χ3n) is 1.57. The van der Waals surface area contributed by atoms with Gasteiger partial charge in [-0.1, -0.05) is 20.3 Å². The predicted molar refractivity (Wildman–Crippen MR) is 33.0 cm³/mol. The molecule has 2 heteroatoms. The molecule has 2 unspecified atom stereocenters. The molecule has 0 aliphatic rings. The molecule has 0 spiro atoms. The van der Waals surface area contributed by atoms with Gasteiger partial charge in [-0.3, -0.25) is 0 Å². The maximum atomic E-state index is 10.1. The van der Waals surface area contributed by atoms with Gasteiger partial charge in [-0.2, -0.15) is 0 Å². The van der Waals surface area contributed by atoms with Crippen LogP contribution in [0.2, 0.25) is 0 Å². The summed E-state index contributed by atoms with van der Waals surface area (Å²) in [5, 5.41) is 10.1. The smallest absolute Gasteiger partial charge is 0.0975 e. The molecule has 0 aliphatic carbocycles. The molecule has 2 N–H and O–H groups in total. The number of hydrogen-bond donors (Lipinski definition) is 1. The second kappa shape index (κ2) is 3.87. The molecule has 2 atom stereocenters. The second-order valence-electron chi connectivity index (χ2n) is 2.22. The highest BCUT2D eigenvalue weighted by Gasteiger charge is 2.08. The molecule has 0 saturated heterocycles. The molecule has 1 radical (unpaired) electrons. The van der Waals surface area contributed by atoms with Crippen molar-refractivity contribution in [3.63, 3.8) is 0 Å². The van der Waals surface area contributed by atoms with E-state index in [2.05, 4.69) is 0 Å². The van der Waals surface area contributed by atoms with Gasteiger partial charge in [-0.05, 0) is 5.92 Å². The van der Waals surface area contributed by atoms with Crippen molar-refractivity contribution in [3.8, 4) is 0 Å². The van der Waals surface area contributed by atoms with E-state index in [1.807, 2.05) is 13.8 Å². The number of rotatable bonds is 3. The Labute approximate surface area is 50.7 Å². The van der Waals surface area contributed by atoms with Crippen molar-refractivity contribution < 1.29 is 5.11 Å². The zero-order chi connectivity index (χ0) is 6.57. The van der Waals surface area contributed by atoms with E-state index in [0.717, 1.165) is 6.42 Å².